The molecule has 2 N–H and O–H groups in total. The van der Waals surface area contributed by atoms with E-state index in [-0.39, 0.29) is 18.1 Å². The predicted octanol–water partition coefficient (Wildman–Crippen LogP) is -0.263. The zero-order valence-electron chi connectivity index (χ0n) is 10.6. The molecule has 0 aromatic heterocycles. The number of nitrogens with zero attached hydrogens (tertiary/aromatic N) is 1. The van der Waals surface area contributed by atoms with Gasteiger partial charge in [0, 0.05) is 26.7 Å². The maximum Gasteiger partial charge on any atom is 0.239 e. The van der Waals surface area contributed by atoms with Gasteiger partial charge in [-0.3, -0.25) is 4.79 Å². The molecule has 0 spiro atoms. The van der Waals surface area contributed by atoms with Crippen LogP contribution in [0.3, 0.4) is 0 Å². The van der Waals surface area contributed by atoms with Gasteiger partial charge in [-0.15, -0.1) is 0 Å². The van der Waals surface area contributed by atoms with Gasteiger partial charge in [0.25, 0.3) is 0 Å². The molecule has 1 amide bonds. The number of carbonyl (C=O) groups excluding carboxylic acids is 1. The summed E-state index contributed by atoms with van der Waals surface area (Å²) >= 11 is 0. The minimum Gasteiger partial charge on any atom is -0.388 e. The normalized spacial score (nSPS) is 38.4. The number of amides is 1. The Morgan fingerprint density at radius 1 is 1.59 bits per heavy atom. The van der Waals surface area contributed by atoms with Crippen molar-refractivity contribution in [2.45, 2.75) is 43.9 Å². The Morgan fingerprint density at radius 3 is 2.94 bits per heavy atom. The van der Waals surface area contributed by atoms with Crippen molar-refractivity contribution in [3.63, 3.8) is 0 Å². The van der Waals surface area contributed by atoms with Crippen LogP contribution in [-0.4, -0.2) is 60.4 Å². The van der Waals surface area contributed by atoms with E-state index in [1.807, 2.05) is 0 Å². The van der Waals surface area contributed by atoms with E-state index >= 15 is 0 Å². The highest BCUT2D eigenvalue weighted by atomic mass is 16.5. The number of methoxy groups -OCH3 is 1. The molecule has 2 saturated heterocycles. The molecule has 0 saturated carbocycles. The fraction of sp³-hybridized carbons (Fsp3) is 0.917. The molecule has 0 aromatic rings. The number of rotatable bonds is 2. The summed E-state index contributed by atoms with van der Waals surface area (Å²) in [7, 11) is 1.67. The Labute approximate surface area is 102 Å². The smallest absolute Gasteiger partial charge is 0.239 e. The third-order valence-corrected chi connectivity index (χ3v) is 3.71. The lowest BCUT2D eigenvalue weighted by molar-refractivity contribution is -0.139. The van der Waals surface area contributed by atoms with Crippen molar-refractivity contribution in [3.8, 4) is 0 Å². The molecule has 0 aromatic carbocycles. The monoisotopic (exact) mass is 242 g/mol. The van der Waals surface area contributed by atoms with Crippen LogP contribution in [0.25, 0.3) is 0 Å². The van der Waals surface area contributed by atoms with Gasteiger partial charge in [-0.1, -0.05) is 0 Å². The minimum absolute atomic E-state index is 0.101. The molecule has 0 radical (unpaired) electrons. The standard InChI is InChI=1S/C12H22N2O3/c1-12(16)4-3-5-14(8-12)11(15)10-6-9(17-2)7-13-10/h9-10,13,16H,3-8H2,1-2H3. The molecule has 17 heavy (non-hydrogen) atoms. The zero-order chi connectivity index (χ0) is 12.5. The topological polar surface area (TPSA) is 61.8 Å². The fourth-order valence-corrected chi connectivity index (χ4v) is 2.70. The van der Waals surface area contributed by atoms with Gasteiger partial charge in [0.05, 0.1) is 17.7 Å². The van der Waals surface area contributed by atoms with E-state index in [1.165, 1.54) is 0 Å². The lowest BCUT2D eigenvalue weighted by atomic mass is 9.94. The molecule has 98 valence electrons. The first-order chi connectivity index (χ1) is 8.02. The van der Waals surface area contributed by atoms with Crippen LogP contribution in [0.4, 0.5) is 0 Å². The number of aliphatic hydroxyl groups is 1. The van der Waals surface area contributed by atoms with Crippen molar-refractivity contribution in [1.29, 1.82) is 0 Å². The Bertz CT molecular complexity index is 293. The first-order valence-electron chi connectivity index (χ1n) is 6.29. The first kappa shape index (κ1) is 12.8. The van der Waals surface area contributed by atoms with Crippen LogP contribution < -0.4 is 5.32 Å². The highest BCUT2D eigenvalue weighted by Crippen LogP contribution is 2.22. The molecule has 3 atom stereocenters. The third kappa shape index (κ3) is 2.97. The van der Waals surface area contributed by atoms with Crippen molar-refractivity contribution < 1.29 is 14.6 Å². The van der Waals surface area contributed by atoms with Crippen LogP contribution in [-0.2, 0) is 9.53 Å². The number of hydrogen-bond donors (Lipinski definition) is 2. The van der Waals surface area contributed by atoms with Crippen LogP contribution >= 0.6 is 0 Å². The third-order valence-electron chi connectivity index (χ3n) is 3.71. The maximum absolute atomic E-state index is 12.2. The molecular weight excluding hydrogens is 220 g/mol. The van der Waals surface area contributed by atoms with Gasteiger partial charge in [0.1, 0.15) is 0 Å². The second kappa shape index (κ2) is 4.92. The second-order valence-corrected chi connectivity index (χ2v) is 5.41. The number of ether oxygens (including phenoxy) is 1. The lowest BCUT2D eigenvalue weighted by Gasteiger charge is -2.38. The van der Waals surface area contributed by atoms with Crippen LogP contribution in [0.1, 0.15) is 26.2 Å². The van der Waals surface area contributed by atoms with Crippen molar-refractivity contribution in [2.75, 3.05) is 26.7 Å². The molecule has 2 heterocycles. The number of carbonyl (C=O) groups is 1. The number of nitrogens with one attached hydrogen (secondary N) is 1. The summed E-state index contributed by atoms with van der Waals surface area (Å²) < 4.78 is 5.24. The van der Waals surface area contributed by atoms with Crippen LogP contribution in [0.5, 0.6) is 0 Å². The summed E-state index contributed by atoms with van der Waals surface area (Å²) in [5.74, 6) is 0.101. The summed E-state index contributed by atoms with van der Waals surface area (Å²) in [5.41, 5.74) is -0.729. The molecule has 3 unspecified atom stereocenters. The van der Waals surface area contributed by atoms with Gasteiger partial charge < -0.3 is 20.1 Å². The number of likely N-dealkylation sites (tertiary alicyclic amines) is 1. The number of piperidine rings is 1. The predicted molar refractivity (Wildman–Crippen MR) is 63.6 cm³/mol. The highest BCUT2D eigenvalue weighted by molar-refractivity contribution is 5.82. The van der Waals surface area contributed by atoms with E-state index in [1.54, 1.807) is 18.9 Å². The van der Waals surface area contributed by atoms with Gasteiger partial charge >= 0.3 is 0 Å². The van der Waals surface area contributed by atoms with Crippen LogP contribution in [0, 0.1) is 0 Å². The molecule has 2 fully saturated rings. The van der Waals surface area contributed by atoms with E-state index in [2.05, 4.69) is 5.32 Å². The van der Waals surface area contributed by atoms with Crippen molar-refractivity contribution in [2.24, 2.45) is 0 Å². The lowest BCUT2D eigenvalue weighted by Crippen LogP contribution is -2.53. The number of hydrogen-bond acceptors (Lipinski definition) is 4. The average molecular weight is 242 g/mol. The van der Waals surface area contributed by atoms with E-state index in [0.29, 0.717) is 6.54 Å². The van der Waals surface area contributed by atoms with Crippen molar-refractivity contribution in [1.82, 2.24) is 10.2 Å². The summed E-state index contributed by atoms with van der Waals surface area (Å²) in [5, 5.41) is 13.2. The Hall–Kier alpha value is -0.650. The first-order valence-corrected chi connectivity index (χ1v) is 6.29. The molecule has 2 rings (SSSR count). The van der Waals surface area contributed by atoms with Crippen LogP contribution in [0.15, 0.2) is 0 Å². The van der Waals surface area contributed by atoms with Gasteiger partial charge in [0.15, 0.2) is 0 Å². The summed E-state index contributed by atoms with van der Waals surface area (Å²) in [4.78, 5) is 14.0. The largest absolute Gasteiger partial charge is 0.388 e. The van der Waals surface area contributed by atoms with Crippen LogP contribution in [0.2, 0.25) is 0 Å². The van der Waals surface area contributed by atoms with Gasteiger partial charge in [0.2, 0.25) is 5.91 Å². The van der Waals surface area contributed by atoms with Gasteiger partial charge in [-0.05, 0) is 26.2 Å². The second-order valence-electron chi connectivity index (χ2n) is 5.41. The molecule has 5 nitrogen and oxygen atoms in total. The zero-order valence-corrected chi connectivity index (χ0v) is 10.6. The Morgan fingerprint density at radius 2 is 2.35 bits per heavy atom. The SMILES string of the molecule is COC1CNC(C(=O)N2CCCC(C)(O)C2)C1. The Kier molecular flexibility index (Phi) is 3.70. The molecule has 2 aliphatic rings. The van der Waals surface area contributed by atoms with E-state index < -0.39 is 5.60 Å². The Balaban J connectivity index is 1.92. The average Bonchev–Trinajstić information content (AvgIpc) is 2.75. The molecular formula is C12H22N2O3. The van der Waals surface area contributed by atoms with E-state index in [9.17, 15) is 9.90 Å². The molecule has 5 heteroatoms. The summed E-state index contributed by atoms with van der Waals surface area (Å²) in [6.45, 7) is 3.73. The van der Waals surface area contributed by atoms with E-state index in [0.717, 1.165) is 32.4 Å². The molecule has 0 aliphatic carbocycles. The number of β-amino-alcohol motifs (C(OH)–C–C–N with tert-alkyl or cyclic N) is 1. The summed E-state index contributed by atoms with van der Waals surface area (Å²) in [6.07, 6.45) is 2.51. The van der Waals surface area contributed by atoms with Gasteiger partial charge in [-0.25, -0.2) is 0 Å². The quantitative estimate of drug-likeness (QED) is 0.700. The highest BCUT2D eigenvalue weighted by Gasteiger charge is 2.36. The fourth-order valence-electron chi connectivity index (χ4n) is 2.70. The van der Waals surface area contributed by atoms with Crippen molar-refractivity contribution in [3.05, 3.63) is 0 Å². The maximum atomic E-state index is 12.2. The molecule has 0 bridgehead atoms. The summed E-state index contributed by atoms with van der Waals surface area (Å²) in [6, 6.07) is -0.145. The minimum atomic E-state index is -0.729. The molecule has 2 aliphatic heterocycles. The van der Waals surface area contributed by atoms with Crippen molar-refractivity contribution >= 4 is 5.91 Å². The van der Waals surface area contributed by atoms with Gasteiger partial charge in [-0.2, -0.15) is 0 Å². The van der Waals surface area contributed by atoms with E-state index in [4.69, 9.17) is 4.74 Å².